The van der Waals surface area contributed by atoms with Gasteiger partial charge >= 0.3 is 6.18 Å². The molecule has 28 heavy (non-hydrogen) atoms. The lowest BCUT2D eigenvalue weighted by Crippen LogP contribution is -2.40. The van der Waals surface area contributed by atoms with E-state index in [0.29, 0.717) is 17.3 Å². The number of piperidine rings is 1. The van der Waals surface area contributed by atoms with Crippen LogP contribution in [0.25, 0.3) is 0 Å². The average Bonchev–Trinajstić information content (AvgIpc) is 2.67. The quantitative estimate of drug-likeness (QED) is 0.689. The van der Waals surface area contributed by atoms with E-state index in [4.69, 9.17) is 0 Å². The summed E-state index contributed by atoms with van der Waals surface area (Å²) < 4.78 is 39.9. The standard InChI is InChI=1S/C21H22BrF3N2O/c22-18-7-6-17(19(12-18)21(23,24)25)13-26-20(28)16-8-10-27(11-9-16)14-15-4-2-1-3-5-15/h1-7,12,16H,8-11,13-14H2,(H,26,28). The minimum absolute atomic E-state index is 0.0746. The molecule has 0 saturated carbocycles. The van der Waals surface area contributed by atoms with Crippen molar-refractivity contribution in [3.05, 3.63) is 69.7 Å². The number of rotatable bonds is 5. The maximum Gasteiger partial charge on any atom is 0.416 e. The van der Waals surface area contributed by atoms with Crippen molar-refractivity contribution in [2.75, 3.05) is 13.1 Å². The summed E-state index contributed by atoms with van der Waals surface area (Å²) in [5, 5.41) is 2.69. The molecule has 1 fully saturated rings. The number of hydrogen-bond acceptors (Lipinski definition) is 2. The number of halogens is 4. The molecule has 0 radical (unpaired) electrons. The molecular formula is C21H22BrF3N2O. The number of carbonyl (C=O) groups excluding carboxylic acids is 1. The van der Waals surface area contributed by atoms with Gasteiger partial charge in [0, 0.05) is 23.5 Å². The zero-order chi connectivity index (χ0) is 20.1. The highest BCUT2D eigenvalue weighted by molar-refractivity contribution is 9.10. The highest BCUT2D eigenvalue weighted by Crippen LogP contribution is 2.34. The largest absolute Gasteiger partial charge is 0.416 e. The van der Waals surface area contributed by atoms with E-state index in [1.165, 1.54) is 11.6 Å². The van der Waals surface area contributed by atoms with Gasteiger partial charge in [0.25, 0.3) is 0 Å². The zero-order valence-corrected chi connectivity index (χ0v) is 16.9. The second kappa shape index (κ2) is 9.09. The Morgan fingerprint density at radius 2 is 1.79 bits per heavy atom. The third kappa shape index (κ3) is 5.58. The number of hydrogen-bond donors (Lipinski definition) is 1. The Hall–Kier alpha value is -1.86. The summed E-state index contributed by atoms with van der Waals surface area (Å²) in [5.41, 5.74) is 0.589. The van der Waals surface area contributed by atoms with E-state index in [0.717, 1.165) is 25.7 Å². The Labute approximate surface area is 171 Å². The van der Waals surface area contributed by atoms with Gasteiger partial charge in [-0.3, -0.25) is 9.69 Å². The molecule has 3 nitrogen and oxygen atoms in total. The zero-order valence-electron chi connectivity index (χ0n) is 15.3. The third-order valence-electron chi connectivity index (χ3n) is 5.04. The fourth-order valence-electron chi connectivity index (χ4n) is 3.49. The molecule has 0 atom stereocenters. The molecular weight excluding hydrogens is 433 g/mol. The van der Waals surface area contributed by atoms with E-state index in [-0.39, 0.29) is 23.9 Å². The average molecular weight is 455 g/mol. The maximum atomic E-state index is 13.2. The van der Waals surface area contributed by atoms with Gasteiger partial charge in [-0.2, -0.15) is 13.2 Å². The topological polar surface area (TPSA) is 32.3 Å². The van der Waals surface area contributed by atoms with Crippen LogP contribution in [0.15, 0.2) is 53.0 Å². The van der Waals surface area contributed by atoms with Gasteiger partial charge in [-0.25, -0.2) is 0 Å². The molecule has 7 heteroatoms. The lowest BCUT2D eigenvalue weighted by Gasteiger charge is -2.31. The van der Waals surface area contributed by atoms with E-state index in [9.17, 15) is 18.0 Å². The number of alkyl halides is 3. The van der Waals surface area contributed by atoms with Gasteiger partial charge in [0.05, 0.1) is 5.56 Å². The molecule has 1 N–H and O–H groups in total. The van der Waals surface area contributed by atoms with E-state index >= 15 is 0 Å². The summed E-state index contributed by atoms with van der Waals surface area (Å²) in [6.45, 7) is 2.34. The fraction of sp³-hybridized carbons (Fsp3) is 0.381. The predicted octanol–water partition coefficient (Wildman–Crippen LogP) is 5.00. The molecule has 1 saturated heterocycles. The molecule has 2 aromatic rings. The molecule has 1 aliphatic rings. The second-order valence-corrected chi connectivity index (χ2v) is 7.97. The van der Waals surface area contributed by atoms with Crippen molar-refractivity contribution < 1.29 is 18.0 Å². The first-order valence-corrected chi connectivity index (χ1v) is 10.0. The molecule has 0 bridgehead atoms. The Bertz CT molecular complexity index is 803. The predicted molar refractivity (Wildman–Crippen MR) is 105 cm³/mol. The minimum atomic E-state index is -4.45. The highest BCUT2D eigenvalue weighted by atomic mass is 79.9. The van der Waals surface area contributed by atoms with Crippen LogP contribution in [0.1, 0.15) is 29.5 Å². The molecule has 2 aromatic carbocycles. The van der Waals surface area contributed by atoms with Crippen LogP contribution < -0.4 is 5.32 Å². The van der Waals surface area contributed by atoms with E-state index in [2.05, 4.69) is 38.3 Å². The van der Waals surface area contributed by atoms with Gasteiger partial charge in [-0.1, -0.05) is 52.3 Å². The number of nitrogens with zero attached hydrogens (tertiary/aromatic N) is 1. The molecule has 1 amide bonds. The summed E-state index contributed by atoms with van der Waals surface area (Å²) in [4.78, 5) is 14.7. The number of benzene rings is 2. The van der Waals surface area contributed by atoms with Gasteiger partial charge in [0.2, 0.25) is 5.91 Å². The third-order valence-corrected chi connectivity index (χ3v) is 5.53. The van der Waals surface area contributed by atoms with Gasteiger partial charge in [0.1, 0.15) is 0 Å². The van der Waals surface area contributed by atoms with Gasteiger partial charge in [-0.05, 0) is 49.2 Å². The monoisotopic (exact) mass is 454 g/mol. The lowest BCUT2D eigenvalue weighted by atomic mass is 9.95. The smallest absolute Gasteiger partial charge is 0.352 e. The maximum absolute atomic E-state index is 13.2. The Morgan fingerprint density at radius 1 is 1.11 bits per heavy atom. The van der Waals surface area contributed by atoms with Crippen molar-refractivity contribution in [2.24, 2.45) is 5.92 Å². The molecule has 0 aliphatic carbocycles. The van der Waals surface area contributed by atoms with Crippen LogP contribution in [0.3, 0.4) is 0 Å². The van der Waals surface area contributed by atoms with Crippen molar-refractivity contribution in [1.29, 1.82) is 0 Å². The number of nitrogens with one attached hydrogen (secondary N) is 1. The van der Waals surface area contributed by atoms with E-state index in [1.807, 2.05) is 18.2 Å². The summed E-state index contributed by atoms with van der Waals surface area (Å²) in [6.07, 6.45) is -3.02. The van der Waals surface area contributed by atoms with Crippen LogP contribution in [0.4, 0.5) is 13.2 Å². The number of likely N-dealkylation sites (tertiary alicyclic amines) is 1. The van der Waals surface area contributed by atoms with Crippen LogP contribution in [0, 0.1) is 5.92 Å². The van der Waals surface area contributed by atoms with Gasteiger partial charge in [-0.15, -0.1) is 0 Å². The molecule has 150 valence electrons. The summed E-state index contributed by atoms with van der Waals surface area (Å²) in [7, 11) is 0. The van der Waals surface area contributed by atoms with E-state index in [1.54, 1.807) is 6.07 Å². The Kier molecular flexibility index (Phi) is 6.78. The summed E-state index contributed by atoms with van der Waals surface area (Å²) >= 11 is 3.07. The summed E-state index contributed by atoms with van der Waals surface area (Å²) in [6, 6.07) is 14.2. The lowest BCUT2D eigenvalue weighted by molar-refractivity contribution is -0.138. The molecule has 1 aliphatic heterocycles. The number of amides is 1. The molecule has 0 spiro atoms. The van der Waals surface area contributed by atoms with Crippen LogP contribution in [0.5, 0.6) is 0 Å². The van der Waals surface area contributed by atoms with Crippen LogP contribution in [0.2, 0.25) is 0 Å². The first-order valence-electron chi connectivity index (χ1n) is 9.22. The highest BCUT2D eigenvalue weighted by Gasteiger charge is 2.33. The normalized spacial score (nSPS) is 16.1. The molecule has 0 unspecified atom stereocenters. The molecule has 3 rings (SSSR count). The summed E-state index contributed by atoms with van der Waals surface area (Å²) in [5.74, 6) is -0.327. The van der Waals surface area contributed by atoms with Crippen molar-refractivity contribution in [3.8, 4) is 0 Å². The minimum Gasteiger partial charge on any atom is -0.352 e. The van der Waals surface area contributed by atoms with Crippen LogP contribution in [-0.2, 0) is 24.1 Å². The molecule has 0 aromatic heterocycles. The van der Waals surface area contributed by atoms with Crippen molar-refractivity contribution in [1.82, 2.24) is 10.2 Å². The number of carbonyl (C=O) groups is 1. The first kappa shape index (κ1) is 20.9. The van der Waals surface area contributed by atoms with Crippen LogP contribution in [-0.4, -0.2) is 23.9 Å². The first-order chi connectivity index (χ1) is 13.3. The Balaban J connectivity index is 1.52. The van der Waals surface area contributed by atoms with Crippen molar-refractivity contribution >= 4 is 21.8 Å². The Morgan fingerprint density at radius 3 is 2.43 bits per heavy atom. The molecule has 1 heterocycles. The second-order valence-electron chi connectivity index (χ2n) is 7.05. The fourth-order valence-corrected chi connectivity index (χ4v) is 3.85. The van der Waals surface area contributed by atoms with Crippen molar-refractivity contribution in [3.63, 3.8) is 0 Å². The van der Waals surface area contributed by atoms with E-state index < -0.39 is 11.7 Å². The van der Waals surface area contributed by atoms with Gasteiger partial charge < -0.3 is 5.32 Å². The SMILES string of the molecule is O=C(NCc1ccc(Br)cc1C(F)(F)F)C1CCN(Cc2ccccc2)CC1. The van der Waals surface area contributed by atoms with Crippen LogP contribution >= 0.6 is 15.9 Å². The van der Waals surface area contributed by atoms with Gasteiger partial charge in [0.15, 0.2) is 0 Å². The van der Waals surface area contributed by atoms with Crippen molar-refractivity contribution in [2.45, 2.75) is 32.1 Å².